The summed E-state index contributed by atoms with van der Waals surface area (Å²) in [4.78, 5) is 0. The molecule has 0 N–H and O–H groups in total. The molecule has 0 nitrogen and oxygen atoms in total. The fraction of sp³-hybridized carbons (Fsp3) is 0.526. The van der Waals surface area contributed by atoms with Crippen molar-refractivity contribution in [2.75, 3.05) is 0 Å². The molecule has 5 rings (SSSR count). The summed E-state index contributed by atoms with van der Waals surface area (Å²) in [5, 5.41) is 0. The predicted molar refractivity (Wildman–Crippen MR) is 78.2 cm³/mol. The number of rotatable bonds is 2. The van der Waals surface area contributed by atoms with Crippen LogP contribution in [0.2, 0.25) is 0 Å². The zero-order valence-corrected chi connectivity index (χ0v) is 11.4. The first-order valence-corrected chi connectivity index (χ1v) is 7.68. The van der Waals surface area contributed by atoms with Gasteiger partial charge in [-0.2, -0.15) is 0 Å². The lowest BCUT2D eigenvalue weighted by molar-refractivity contribution is -0.0369. The van der Waals surface area contributed by atoms with E-state index >= 15 is 0 Å². The second-order valence-electron chi connectivity index (χ2n) is 7.08. The standard InChI is InChI=1S/C19H21/c1-2-18(17-6-4-3-5-7-17)19-11-14-8-15(12-19)10-16(9-14)13-19/h1,3-7,14-16H,8-13H2. The van der Waals surface area contributed by atoms with Gasteiger partial charge >= 0.3 is 0 Å². The molecule has 0 heterocycles. The highest BCUT2D eigenvalue weighted by Gasteiger charge is 2.54. The molecule has 4 aliphatic rings. The first-order valence-electron chi connectivity index (χ1n) is 7.68. The highest BCUT2D eigenvalue weighted by Crippen LogP contribution is 2.64. The van der Waals surface area contributed by atoms with Gasteiger partial charge in [-0.1, -0.05) is 36.3 Å². The summed E-state index contributed by atoms with van der Waals surface area (Å²) in [7, 11) is 0. The average Bonchev–Trinajstić information content (AvgIpc) is 2.38. The van der Waals surface area contributed by atoms with Crippen molar-refractivity contribution in [3.8, 4) is 12.3 Å². The minimum Gasteiger partial charge on any atom is -0.119 e. The highest BCUT2D eigenvalue weighted by molar-refractivity contribution is 5.46. The second kappa shape index (κ2) is 4.14. The summed E-state index contributed by atoms with van der Waals surface area (Å²) in [5.74, 6) is 7.27. The first-order chi connectivity index (χ1) is 9.29. The van der Waals surface area contributed by atoms with E-state index in [0.29, 0.717) is 5.41 Å². The number of terminal acetylenes is 1. The summed E-state index contributed by atoms with van der Waals surface area (Å²) >= 11 is 0. The molecule has 1 aromatic carbocycles. The van der Waals surface area contributed by atoms with Gasteiger partial charge in [-0.25, -0.2) is 0 Å². The molecule has 4 saturated carbocycles. The molecule has 0 heteroatoms. The van der Waals surface area contributed by atoms with E-state index in [1.54, 1.807) is 0 Å². The van der Waals surface area contributed by atoms with Crippen molar-refractivity contribution in [1.29, 1.82) is 0 Å². The smallest absolute Gasteiger partial charge is 0.0827 e. The summed E-state index contributed by atoms with van der Waals surface area (Å²) in [6.45, 7) is 0. The maximum absolute atomic E-state index is 5.94. The maximum Gasteiger partial charge on any atom is 0.0827 e. The Hall–Kier alpha value is -1.22. The SMILES string of the molecule is C#C[C](c1ccccc1)C12CC3CC(CC(C3)C1)C2. The lowest BCUT2D eigenvalue weighted by Gasteiger charge is -2.58. The van der Waals surface area contributed by atoms with E-state index in [2.05, 4.69) is 36.3 Å². The van der Waals surface area contributed by atoms with Gasteiger partial charge in [0.25, 0.3) is 0 Å². The van der Waals surface area contributed by atoms with E-state index in [9.17, 15) is 0 Å². The van der Waals surface area contributed by atoms with Crippen LogP contribution in [0.3, 0.4) is 0 Å². The van der Waals surface area contributed by atoms with Crippen LogP contribution in [-0.4, -0.2) is 0 Å². The van der Waals surface area contributed by atoms with Crippen LogP contribution in [0.15, 0.2) is 30.3 Å². The molecule has 4 fully saturated rings. The first kappa shape index (κ1) is 11.6. The Kier molecular flexibility index (Phi) is 2.52. The highest BCUT2D eigenvalue weighted by atomic mass is 14.6. The van der Waals surface area contributed by atoms with Gasteiger partial charge in [0.15, 0.2) is 0 Å². The Balaban J connectivity index is 1.72. The fourth-order valence-electron chi connectivity index (χ4n) is 5.56. The average molecular weight is 249 g/mol. The van der Waals surface area contributed by atoms with Crippen LogP contribution in [0.5, 0.6) is 0 Å². The van der Waals surface area contributed by atoms with Crippen molar-refractivity contribution in [3.63, 3.8) is 0 Å². The van der Waals surface area contributed by atoms with Gasteiger partial charge in [-0.3, -0.25) is 0 Å². The molecular weight excluding hydrogens is 228 g/mol. The maximum atomic E-state index is 5.94. The van der Waals surface area contributed by atoms with Crippen molar-refractivity contribution < 1.29 is 0 Å². The largest absolute Gasteiger partial charge is 0.119 e. The lowest BCUT2D eigenvalue weighted by Crippen LogP contribution is -2.48. The minimum absolute atomic E-state index is 0.352. The Morgan fingerprint density at radius 2 is 1.47 bits per heavy atom. The van der Waals surface area contributed by atoms with Gasteiger partial charge in [0.1, 0.15) is 0 Å². The van der Waals surface area contributed by atoms with Crippen LogP contribution in [0.4, 0.5) is 0 Å². The van der Waals surface area contributed by atoms with Crippen molar-refractivity contribution >= 4 is 0 Å². The normalized spacial score (nSPS) is 39.5. The third-order valence-electron chi connectivity index (χ3n) is 5.78. The lowest BCUT2D eigenvalue weighted by atomic mass is 9.46. The molecule has 0 aromatic heterocycles. The molecular formula is C19H21. The molecule has 0 spiro atoms. The quantitative estimate of drug-likeness (QED) is 0.679. The van der Waals surface area contributed by atoms with Gasteiger partial charge in [0.2, 0.25) is 0 Å². The van der Waals surface area contributed by atoms with Crippen molar-refractivity contribution in [2.45, 2.75) is 38.5 Å². The van der Waals surface area contributed by atoms with Crippen molar-refractivity contribution in [2.24, 2.45) is 23.2 Å². The Morgan fingerprint density at radius 1 is 0.947 bits per heavy atom. The molecule has 0 amide bonds. The van der Waals surface area contributed by atoms with Gasteiger partial charge < -0.3 is 0 Å². The zero-order valence-electron chi connectivity index (χ0n) is 11.4. The fourth-order valence-corrected chi connectivity index (χ4v) is 5.56. The van der Waals surface area contributed by atoms with Gasteiger partial charge in [-0.05, 0) is 67.3 Å². The molecule has 4 aliphatic carbocycles. The second-order valence-corrected chi connectivity index (χ2v) is 7.08. The Bertz CT molecular complexity index is 469. The molecule has 0 aliphatic heterocycles. The minimum atomic E-state index is 0.352. The Labute approximate surface area is 116 Å². The van der Waals surface area contributed by atoms with E-state index in [1.807, 2.05) is 0 Å². The molecule has 0 unspecified atom stereocenters. The predicted octanol–water partition coefficient (Wildman–Crippen LogP) is 4.46. The molecule has 19 heavy (non-hydrogen) atoms. The van der Waals surface area contributed by atoms with E-state index in [1.165, 1.54) is 50.0 Å². The zero-order chi connectivity index (χ0) is 12.9. The van der Waals surface area contributed by atoms with Crippen LogP contribution in [0.25, 0.3) is 0 Å². The third kappa shape index (κ3) is 1.75. The summed E-state index contributed by atoms with van der Waals surface area (Å²) in [5.41, 5.74) is 1.65. The van der Waals surface area contributed by atoms with Crippen LogP contribution in [0, 0.1) is 41.4 Å². The summed E-state index contributed by atoms with van der Waals surface area (Å²) in [6.07, 6.45) is 14.4. The molecule has 1 radical (unpaired) electrons. The van der Waals surface area contributed by atoms with Crippen LogP contribution in [-0.2, 0) is 0 Å². The van der Waals surface area contributed by atoms with Gasteiger partial charge in [0, 0.05) is 0 Å². The van der Waals surface area contributed by atoms with Crippen molar-refractivity contribution in [1.82, 2.24) is 0 Å². The molecule has 97 valence electrons. The van der Waals surface area contributed by atoms with Gasteiger partial charge in [-0.15, -0.1) is 6.42 Å². The Morgan fingerprint density at radius 3 is 1.95 bits per heavy atom. The molecule has 0 atom stereocenters. The number of hydrogen-bond donors (Lipinski definition) is 0. The summed E-state index contributed by atoms with van der Waals surface area (Å²) < 4.78 is 0. The molecule has 0 saturated heterocycles. The van der Waals surface area contributed by atoms with E-state index in [0.717, 1.165) is 17.8 Å². The summed E-state index contributed by atoms with van der Waals surface area (Å²) in [6, 6.07) is 10.7. The van der Waals surface area contributed by atoms with E-state index < -0.39 is 0 Å². The van der Waals surface area contributed by atoms with Crippen LogP contribution in [0.1, 0.15) is 44.1 Å². The van der Waals surface area contributed by atoms with E-state index in [4.69, 9.17) is 6.42 Å². The third-order valence-corrected chi connectivity index (χ3v) is 5.78. The van der Waals surface area contributed by atoms with Crippen LogP contribution < -0.4 is 0 Å². The topological polar surface area (TPSA) is 0 Å². The van der Waals surface area contributed by atoms with Crippen molar-refractivity contribution in [3.05, 3.63) is 41.8 Å². The van der Waals surface area contributed by atoms with Gasteiger partial charge in [0.05, 0.1) is 5.92 Å². The number of benzene rings is 1. The van der Waals surface area contributed by atoms with Crippen LogP contribution >= 0.6 is 0 Å². The monoisotopic (exact) mass is 249 g/mol. The number of hydrogen-bond acceptors (Lipinski definition) is 0. The van der Waals surface area contributed by atoms with E-state index in [-0.39, 0.29) is 0 Å². The molecule has 4 bridgehead atoms. The molecule has 1 aromatic rings.